The number of imide groups is 1. The lowest BCUT2D eigenvalue weighted by molar-refractivity contribution is 0.0880. The summed E-state index contributed by atoms with van der Waals surface area (Å²) in [5.41, 5.74) is 2.22. The molecule has 0 bridgehead atoms. The summed E-state index contributed by atoms with van der Waals surface area (Å²) in [4.78, 5) is 23.4. The quantitative estimate of drug-likeness (QED) is 0.814. The summed E-state index contributed by atoms with van der Waals surface area (Å²) >= 11 is 0. The first-order valence-electron chi connectivity index (χ1n) is 5.95. The van der Waals surface area contributed by atoms with Crippen LogP contribution in [0.15, 0.2) is 42.5 Å². The minimum Gasteiger partial charge on any atom is -0.354 e. The van der Waals surface area contributed by atoms with Gasteiger partial charge in [0.2, 0.25) is 0 Å². The fraction of sp³-hybridized carbons (Fsp3) is 0. The number of rotatable bonds is 2. The molecular weight excluding hydrogens is 254 g/mol. The van der Waals surface area contributed by atoms with Crippen molar-refractivity contribution >= 4 is 23.2 Å². The molecular formula is C15H9N3O2. The SMILES string of the molecule is N#Cc1ccccc1Nc1cccc2c1C(=O)NC2=O. The number of anilines is 2. The van der Waals surface area contributed by atoms with Crippen LogP contribution < -0.4 is 10.6 Å². The molecule has 0 unspecified atom stereocenters. The molecule has 0 atom stereocenters. The number of benzene rings is 2. The molecule has 96 valence electrons. The van der Waals surface area contributed by atoms with Crippen LogP contribution in [0.4, 0.5) is 11.4 Å². The van der Waals surface area contributed by atoms with Crippen molar-refractivity contribution < 1.29 is 9.59 Å². The number of fused-ring (bicyclic) bond motifs is 1. The van der Waals surface area contributed by atoms with Crippen LogP contribution in [0.25, 0.3) is 0 Å². The van der Waals surface area contributed by atoms with Crippen molar-refractivity contribution in [1.29, 1.82) is 5.26 Å². The third-order valence-electron chi connectivity index (χ3n) is 3.08. The molecule has 2 aromatic rings. The topological polar surface area (TPSA) is 82.0 Å². The smallest absolute Gasteiger partial charge is 0.261 e. The maximum Gasteiger partial charge on any atom is 0.261 e. The number of carbonyl (C=O) groups excluding carboxylic acids is 2. The van der Waals surface area contributed by atoms with Crippen molar-refractivity contribution in [2.24, 2.45) is 0 Å². The number of carbonyl (C=O) groups is 2. The maximum absolute atomic E-state index is 11.8. The molecule has 0 saturated carbocycles. The van der Waals surface area contributed by atoms with Gasteiger partial charge in [-0.2, -0.15) is 5.26 Å². The maximum atomic E-state index is 11.8. The largest absolute Gasteiger partial charge is 0.354 e. The van der Waals surface area contributed by atoms with Crippen molar-refractivity contribution in [2.45, 2.75) is 0 Å². The third kappa shape index (κ3) is 1.80. The van der Waals surface area contributed by atoms with Gasteiger partial charge in [0.05, 0.1) is 28.1 Å². The molecule has 0 radical (unpaired) electrons. The molecule has 1 aliphatic rings. The van der Waals surface area contributed by atoms with Crippen LogP contribution in [-0.2, 0) is 0 Å². The van der Waals surface area contributed by atoms with Crippen LogP contribution in [0, 0.1) is 11.3 Å². The molecule has 1 aliphatic heterocycles. The van der Waals surface area contributed by atoms with Gasteiger partial charge >= 0.3 is 0 Å². The number of para-hydroxylation sites is 1. The molecule has 0 aliphatic carbocycles. The van der Waals surface area contributed by atoms with Crippen LogP contribution in [0.1, 0.15) is 26.3 Å². The number of amides is 2. The van der Waals surface area contributed by atoms with Crippen molar-refractivity contribution in [2.75, 3.05) is 5.32 Å². The summed E-state index contributed by atoms with van der Waals surface area (Å²) in [6.45, 7) is 0. The van der Waals surface area contributed by atoms with Gasteiger partial charge in [-0.25, -0.2) is 0 Å². The highest BCUT2D eigenvalue weighted by Gasteiger charge is 2.29. The van der Waals surface area contributed by atoms with Gasteiger partial charge in [0.1, 0.15) is 6.07 Å². The van der Waals surface area contributed by atoms with Gasteiger partial charge in [0.25, 0.3) is 11.8 Å². The molecule has 20 heavy (non-hydrogen) atoms. The Labute approximate surface area is 114 Å². The van der Waals surface area contributed by atoms with Gasteiger partial charge in [0.15, 0.2) is 0 Å². The van der Waals surface area contributed by atoms with Crippen LogP contribution in [0.5, 0.6) is 0 Å². The van der Waals surface area contributed by atoms with Gasteiger partial charge in [0, 0.05) is 0 Å². The Balaban J connectivity index is 2.08. The Kier molecular flexibility index (Phi) is 2.70. The summed E-state index contributed by atoms with van der Waals surface area (Å²) in [5.74, 6) is -0.829. The van der Waals surface area contributed by atoms with E-state index in [2.05, 4.69) is 16.7 Å². The Morgan fingerprint density at radius 2 is 1.70 bits per heavy atom. The van der Waals surface area contributed by atoms with Gasteiger partial charge in [-0.15, -0.1) is 0 Å². The molecule has 0 aromatic heterocycles. The van der Waals surface area contributed by atoms with Crippen molar-refractivity contribution in [3.63, 3.8) is 0 Å². The second kappa shape index (κ2) is 4.52. The van der Waals surface area contributed by atoms with Crippen LogP contribution in [0.2, 0.25) is 0 Å². The second-order valence-electron chi connectivity index (χ2n) is 4.29. The van der Waals surface area contributed by atoms with E-state index in [9.17, 15) is 9.59 Å². The zero-order valence-electron chi connectivity index (χ0n) is 10.3. The lowest BCUT2D eigenvalue weighted by Crippen LogP contribution is -2.20. The van der Waals surface area contributed by atoms with Gasteiger partial charge in [-0.3, -0.25) is 14.9 Å². The molecule has 2 N–H and O–H groups in total. The predicted molar refractivity (Wildman–Crippen MR) is 72.7 cm³/mol. The van der Waals surface area contributed by atoms with Crippen LogP contribution >= 0.6 is 0 Å². The van der Waals surface area contributed by atoms with E-state index in [-0.39, 0.29) is 0 Å². The van der Waals surface area contributed by atoms with E-state index in [4.69, 9.17) is 5.26 Å². The molecule has 0 fully saturated rings. The molecule has 3 rings (SSSR count). The molecule has 2 aromatic carbocycles. The average Bonchev–Trinajstić information content (AvgIpc) is 2.76. The lowest BCUT2D eigenvalue weighted by Gasteiger charge is -2.10. The van der Waals surface area contributed by atoms with Gasteiger partial charge in [-0.05, 0) is 24.3 Å². The van der Waals surface area contributed by atoms with E-state index in [1.807, 2.05) is 0 Å². The highest BCUT2D eigenvalue weighted by Crippen LogP contribution is 2.28. The Morgan fingerprint density at radius 3 is 2.50 bits per heavy atom. The van der Waals surface area contributed by atoms with Crippen molar-refractivity contribution in [3.8, 4) is 6.07 Å². The zero-order valence-corrected chi connectivity index (χ0v) is 10.3. The summed E-state index contributed by atoms with van der Waals surface area (Å²) in [7, 11) is 0. The number of nitrogens with one attached hydrogen (secondary N) is 2. The van der Waals surface area contributed by atoms with Crippen LogP contribution in [-0.4, -0.2) is 11.8 Å². The first kappa shape index (κ1) is 11.9. The van der Waals surface area contributed by atoms with Gasteiger partial charge in [-0.1, -0.05) is 18.2 Å². The molecule has 5 nitrogen and oxygen atoms in total. The van der Waals surface area contributed by atoms with E-state index in [0.29, 0.717) is 28.1 Å². The monoisotopic (exact) mass is 263 g/mol. The molecule has 0 saturated heterocycles. The van der Waals surface area contributed by atoms with E-state index >= 15 is 0 Å². The Morgan fingerprint density at radius 1 is 0.950 bits per heavy atom. The average molecular weight is 263 g/mol. The minimum absolute atomic E-state index is 0.310. The van der Waals surface area contributed by atoms with Crippen LogP contribution in [0.3, 0.4) is 0 Å². The van der Waals surface area contributed by atoms with Gasteiger partial charge < -0.3 is 5.32 Å². The van der Waals surface area contributed by atoms with E-state index in [0.717, 1.165) is 0 Å². The highest BCUT2D eigenvalue weighted by atomic mass is 16.2. The van der Waals surface area contributed by atoms with Crippen molar-refractivity contribution in [1.82, 2.24) is 5.32 Å². The molecule has 2 amide bonds. The van der Waals surface area contributed by atoms with E-state index in [1.165, 1.54) is 0 Å². The first-order chi connectivity index (χ1) is 9.70. The predicted octanol–water partition coefficient (Wildman–Crippen LogP) is 2.19. The minimum atomic E-state index is -0.428. The summed E-state index contributed by atoms with van der Waals surface area (Å²) < 4.78 is 0. The third-order valence-corrected chi connectivity index (χ3v) is 3.08. The lowest BCUT2D eigenvalue weighted by atomic mass is 10.1. The summed E-state index contributed by atoms with van der Waals surface area (Å²) in [6, 6.07) is 14.0. The standard InChI is InChI=1S/C15H9N3O2/c16-8-9-4-1-2-6-11(9)17-12-7-3-5-10-13(12)15(20)18-14(10)19/h1-7,17H,(H,18,19,20). The zero-order chi connectivity index (χ0) is 14.1. The highest BCUT2D eigenvalue weighted by molar-refractivity contribution is 6.24. The number of nitrogens with zero attached hydrogens (tertiary/aromatic N) is 1. The molecule has 5 heteroatoms. The molecule has 1 heterocycles. The van der Waals surface area contributed by atoms with Crippen molar-refractivity contribution in [3.05, 3.63) is 59.2 Å². The summed E-state index contributed by atoms with van der Waals surface area (Å²) in [5, 5.41) is 14.4. The first-order valence-corrected chi connectivity index (χ1v) is 5.95. The fourth-order valence-electron chi connectivity index (χ4n) is 2.16. The Hall–Kier alpha value is -3.13. The van der Waals surface area contributed by atoms with E-state index < -0.39 is 11.8 Å². The number of hydrogen-bond acceptors (Lipinski definition) is 4. The fourth-order valence-corrected chi connectivity index (χ4v) is 2.16. The second-order valence-corrected chi connectivity index (χ2v) is 4.29. The normalized spacial score (nSPS) is 12.6. The number of nitriles is 1. The summed E-state index contributed by atoms with van der Waals surface area (Å²) in [6.07, 6.45) is 0. The molecule has 0 spiro atoms. The Bertz CT molecular complexity index is 775. The van der Waals surface area contributed by atoms with E-state index in [1.54, 1.807) is 42.5 Å². The number of hydrogen-bond donors (Lipinski definition) is 2.